The molecule has 1 aliphatic rings. The average Bonchev–Trinajstić information content (AvgIpc) is 1.59. The topological polar surface area (TPSA) is 545 Å². The van der Waals surface area contributed by atoms with E-state index in [2.05, 4.69) is 78.1 Å². The van der Waals surface area contributed by atoms with Crippen LogP contribution in [0.3, 0.4) is 0 Å². The van der Waals surface area contributed by atoms with Gasteiger partial charge in [0, 0.05) is 79.9 Å². The lowest BCUT2D eigenvalue weighted by Gasteiger charge is -2.28. The van der Waals surface area contributed by atoms with Crippen LogP contribution in [-0.4, -0.2) is 189 Å². The number of primary amides is 1. The van der Waals surface area contributed by atoms with E-state index in [1.807, 2.05) is 0 Å². The van der Waals surface area contributed by atoms with Gasteiger partial charge in [-0.25, -0.2) is 4.98 Å². The van der Waals surface area contributed by atoms with Crippen molar-refractivity contribution in [1.29, 1.82) is 0 Å². The molecule has 0 bridgehead atoms. The third kappa shape index (κ3) is 25.4. The van der Waals surface area contributed by atoms with Gasteiger partial charge in [0.25, 0.3) is 0 Å². The van der Waals surface area contributed by atoms with Crippen LogP contribution in [0.4, 0.5) is 0 Å². The molecule has 0 aliphatic carbocycles. The van der Waals surface area contributed by atoms with Crippen LogP contribution in [0.25, 0.3) is 10.9 Å². The van der Waals surface area contributed by atoms with Crippen molar-refractivity contribution in [2.45, 2.75) is 119 Å². The molecule has 34 heteroatoms. The number of aliphatic carboxylic acids is 1. The molecule has 33 nitrogen and oxygen atoms in total. The minimum absolute atomic E-state index is 0.0168. The largest absolute Gasteiger partial charge is 0.481 e. The monoisotopic (exact) mass is 1350 g/mol. The normalized spacial score (nSPS) is 18.7. The number of nitrogens with zero attached hydrogens (tertiary/aromatic N) is 3. The van der Waals surface area contributed by atoms with Crippen molar-refractivity contribution < 1.29 is 62.6 Å². The first-order valence-electron chi connectivity index (χ1n) is 30.8. The molecule has 1 saturated heterocycles. The molecule has 0 spiro atoms. The van der Waals surface area contributed by atoms with Crippen molar-refractivity contribution in [1.82, 2.24) is 68.1 Å². The smallest absolute Gasteiger partial charge is 0.305 e. The van der Waals surface area contributed by atoms with Gasteiger partial charge in [-0.1, -0.05) is 78.9 Å². The Balaban J connectivity index is 1.35. The molecule has 96 heavy (non-hydrogen) atoms. The zero-order valence-corrected chi connectivity index (χ0v) is 53.3. The lowest BCUT2D eigenvalue weighted by atomic mass is 10.0. The summed E-state index contributed by atoms with van der Waals surface area (Å²) in [6.07, 6.45) is 2.46. The Morgan fingerprint density at radius 3 is 1.88 bits per heavy atom. The number of carboxylic acids is 1. The maximum atomic E-state index is 15.1. The van der Waals surface area contributed by atoms with Crippen LogP contribution >= 0.6 is 11.8 Å². The fourth-order valence-electron chi connectivity index (χ4n) is 10.0. The summed E-state index contributed by atoms with van der Waals surface area (Å²) in [6.45, 7) is -1.22. The predicted molar refractivity (Wildman–Crippen MR) is 354 cm³/mol. The number of carbonyl (C=O) groups is 12. The molecule has 3 heterocycles. The van der Waals surface area contributed by atoms with Crippen molar-refractivity contribution in [2.24, 2.45) is 38.7 Å². The van der Waals surface area contributed by atoms with Gasteiger partial charge in [-0.2, -0.15) is 11.8 Å². The third-order valence-corrected chi connectivity index (χ3v) is 16.0. The van der Waals surface area contributed by atoms with E-state index in [1.54, 1.807) is 91.1 Å². The molecule has 1 aliphatic heterocycles. The summed E-state index contributed by atoms with van der Waals surface area (Å²) in [5, 5.41) is 36.8. The van der Waals surface area contributed by atoms with E-state index >= 15 is 9.59 Å². The summed E-state index contributed by atoms with van der Waals surface area (Å²) < 4.78 is 0. The van der Waals surface area contributed by atoms with Crippen LogP contribution < -0.4 is 81.8 Å². The van der Waals surface area contributed by atoms with E-state index in [9.17, 15) is 53.1 Å². The van der Waals surface area contributed by atoms with E-state index in [0.29, 0.717) is 33.3 Å². The molecule has 2 aromatic heterocycles. The fraction of sp³-hybridized carbons (Fsp3) is 0.403. The highest BCUT2D eigenvalue weighted by Crippen LogP contribution is 2.20. The van der Waals surface area contributed by atoms with E-state index in [4.69, 9.17) is 28.7 Å². The van der Waals surface area contributed by atoms with Gasteiger partial charge in [-0.15, -0.1) is 0 Å². The molecule has 8 atom stereocenters. The number of thioether (sulfide) groups is 1. The highest BCUT2D eigenvalue weighted by Gasteiger charge is 2.36. The van der Waals surface area contributed by atoms with Gasteiger partial charge in [0.15, 0.2) is 11.9 Å². The van der Waals surface area contributed by atoms with E-state index in [-0.39, 0.29) is 101 Å². The van der Waals surface area contributed by atoms with E-state index in [1.165, 1.54) is 12.5 Å². The van der Waals surface area contributed by atoms with Gasteiger partial charge in [-0.3, -0.25) is 67.5 Å². The van der Waals surface area contributed by atoms with Crippen LogP contribution in [0.5, 0.6) is 0 Å². The van der Waals surface area contributed by atoms with Gasteiger partial charge in [0.2, 0.25) is 65.0 Å². The number of para-hydroxylation sites is 1. The Morgan fingerprint density at radius 2 is 1.22 bits per heavy atom. The number of nitrogens with two attached hydrogens (primary N) is 5. The van der Waals surface area contributed by atoms with Gasteiger partial charge in [0.1, 0.15) is 48.3 Å². The second kappa shape index (κ2) is 38.2. The number of imidazole rings is 1. The summed E-state index contributed by atoms with van der Waals surface area (Å²) in [5.74, 6) is -12.2. The zero-order chi connectivity index (χ0) is 69.5. The van der Waals surface area contributed by atoms with Crippen LogP contribution in [0, 0.1) is 0 Å². The molecule has 5 aromatic rings. The van der Waals surface area contributed by atoms with Gasteiger partial charge < -0.3 is 96.9 Å². The molecule has 11 amide bonds. The van der Waals surface area contributed by atoms with Gasteiger partial charge in [-0.05, 0) is 60.6 Å². The number of carboxylic acid groups (broad SMARTS) is 1. The number of rotatable bonds is 27. The second-order valence-corrected chi connectivity index (χ2v) is 23.6. The number of hydrogen-bond donors (Lipinski definition) is 18. The number of carbonyl (C=O) groups excluding carboxylic acids is 11. The Morgan fingerprint density at radius 1 is 0.625 bits per heavy atom. The molecule has 23 N–H and O–H groups in total. The summed E-state index contributed by atoms with van der Waals surface area (Å²) in [6, 6.07) is 11.8. The number of hydrogen-bond acceptors (Lipinski definition) is 16. The SMILES string of the molecule is NC(=O)CNC(=O)[C@H](Cc1ccccc1)NC(=O)[C@H](CCCN=C(N)N)NC(=O)[C@H](CC(=O)O)NC(=O)C1CSCCCC(=O)NCC(=O)N[C@@H](Cc2cnc[nH]2)C(=O)N[C@@H](Cc2ccccc2)C(=O)N[C@@H](CCCN=C(N)N)C(=O)NC(Cc2c[nH]c3ccccc23)C(=O)N1. The summed E-state index contributed by atoms with van der Waals surface area (Å²) >= 11 is 1.05. The van der Waals surface area contributed by atoms with Crippen molar-refractivity contribution in [2.75, 3.05) is 37.7 Å². The van der Waals surface area contributed by atoms with Crippen molar-refractivity contribution in [3.8, 4) is 0 Å². The van der Waals surface area contributed by atoms with E-state index < -0.39 is 139 Å². The molecule has 0 saturated carbocycles. The third-order valence-electron chi connectivity index (χ3n) is 14.9. The number of H-pyrrole nitrogens is 2. The molecular formula is C62H82N20O13S. The maximum Gasteiger partial charge on any atom is 0.305 e. The number of nitrogens with one attached hydrogen (secondary N) is 12. The van der Waals surface area contributed by atoms with Crippen molar-refractivity contribution >= 4 is 106 Å². The number of aromatic amines is 2. The standard InChI is InChI=1S/C62H82N20O13S/c63-49(83)31-73-53(88)43(24-35-12-3-1-4-13-35)78-54(89)41(18-9-21-69-61(64)65)77-59(94)47(28-52(86)87)81-60(95)48-33-96-23-11-20-50(84)72-32-51(85)75-46(27-38-30-68-34-74-38)58(93)79-44(25-36-14-5-2-6-15-36)56(91)76-42(19-10-22-70-62(66)67)55(90)80-45(57(92)82-48)26-37-29-71-40-17-8-7-16-39(37)40/h1-8,12-17,29-30,34,41-48,71H,9-11,18-28,31-33H2,(H2,63,83)(H,68,74)(H,72,84)(H,73,88)(H,75,85)(H,76,91)(H,77,94)(H,78,89)(H,79,93)(H,80,90)(H,81,95)(H,82,92)(H,86,87)(H4,64,65,69)(H4,66,67,70)/t41-,42-,43-,44-,45?,46-,47-,48?/m0/s1. The Labute approximate surface area is 555 Å². The Kier molecular flexibility index (Phi) is 29.4. The minimum Gasteiger partial charge on any atom is -0.481 e. The quantitative estimate of drug-likeness (QED) is 0.0135. The van der Waals surface area contributed by atoms with Crippen molar-refractivity contribution in [3.05, 3.63) is 126 Å². The number of amides is 11. The molecular weight excluding hydrogens is 1260 g/mol. The Hall–Kier alpha value is -11.1. The van der Waals surface area contributed by atoms with Crippen LogP contribution in [0.2, 0.25) is 0 Å². The first kappa shape index (κ1) is 74.0. The second-order valence-electron chi connectivity index (χ2n) is 22.4. The van der Waals surface area contributed by atoms with Crippen LogP contribution in [-0.2, 0) is 83.2 Å². The molecule has 3 aromatic carbocycles. The zero-order valence-electron chi connectivity index (χ0n) is 52.4. The van der Waals surface area contributed by atoms with Crippen molar-refractivity contribution in [3.63, 3.8) is 0 Å². The molecule has 0 radical (unpaired) electrons. The maximum absolute atomic E-state index is 15.1. The fourth-order valence-corrected chi connectivity index (χ4v) is 11.0. The highest BCUT2D eigenvalue weighted by molar-refractivity contribution is 7.99. The lowest BCUT2D eigenvalue weighted by Crippen LogP contribution is -2.61. The number of guanidine groups is 2. The first-order valence-corrected chi connectivity index (χ1v) is 31.9. The molecule has 6 rings (SSSR count). The van der Waals surface area contributed by atoms with Gasteiger partial charge >= 0.3 is 5.97 Å². The van der Waals surface area contributed by atoms with E-state index in [0.717, 1.165) is 11.8 Å². The molecule has 2 unspecified atom stereocenters. The number of aromatic nitrogens is 3. The summed E-state index contributed by atoms with van der Waals surface area (Å²) in [5.41, 5.74) is 30.4. The number of benzene rings is 3. The lowest BCUT2D eigenvalue weighted by molar-refractivity contribution is -0.141. The average molecular weight is 1350 g/mol. The van der Waals surface area contributed by atoms with Crippen LogP contribution in [0.15, 0.2) is 114 Å². The number of aliphatic imine (C=N–C) groups is 2. The summed E-state index contributed by atoms with van der Waals surface area (Å²) in [4.78, 5) is 185. The van der Waals surface area contributed by atoms with Crippen LogP contribution in [0.1, 0.15) is 67.3 Å². The molecule has 514 valence electrons. The number of fused-ring (bicyclic) bond motifs is 1. The Bertz CT molecular complexity index is 3550. The predicted octanol–water partition coefficient (Wildman–Crippen LogP) is -4.13. The highest BCUT2D eigenvalue weighted by atomic mass is 32.2. The van der Waals surface area contributed by atoms with Gasteiger partial charge in [0.05, 0.1) is 25.8 Å². The summed E-state index contributed by atoms with van der Waals surface area (Å²) in [7, 11) is 0. The first-order chi connectivity index (χ1) is 46.0. The molecule has 1 fully saturated rings. The minimum atomic E-state index is -1.97.